The average molecular weight is 227 g/mol. The number of fused-ring (bicyclic) bond motifs is 1. The maximum Gasteiger partial charge on any atom is 0.324 e. The van der Waals surface area contributed by atoms with Crippen LogP contribution >= 0.6 is 0 Å². The average Bonchev–Trinajstić information content (AvgIpc) is 2.52. The predicted molar refractivity (Wildman–Crippen MR) is 60.1 cm³/mol. The number of carbonyl (C=O) groups is 1. The highest BCUT2D eigenvalue weighted by Crippen LogP contribution is 2.40. The summed E-state index contributed by atoms with van der Waals surface area (Å²) in [6, 6.07) is -0.111. The Morgan fingerprint density at radius 3 is 2.75 bits per heavy atom. The molecule has 3 atom stereocenters. The van der Waals surface area contributed by atoms with Gasteiger partial charge < -0.3 is 9.47 Å². The maximum absolute atomic E-state index is 12.0. The first-order chi connectivity index (χ1) is 7.62. The van der Waals surface area contributed by atoms with Crippen LogP contribution < -0.4 is 0 Å². The van der Waals surface area contributed by atoms with E-state index in [-0.39, 0.29) is 23.5 Å². The van der Waals surface area contributed by atoms with Crippen molar-refractivity contribution in [2.75, 3.05) is 26.3 Å². The van der Waals surface area contributed by atoms with E-state index in [0.717, 1.165) is 19.5 Å². The fourth-order valence-electron chi connectivity index (χ4n) is 2.87. The molecule has 2 fully saturated rings. The Morgan fingerprint density at radius 2 is 2.12 bits per heavy atom. The Kier molecular flexibility index (Phi) is 3.22. The lowest BCUT2D eigenvalue weighted by Crippen LogP contribution is -2.49. The van der Waals surface area contributed by atoms with Crippen LogP contribution in [0.15, 0.2) is 0 Å². The summed E-state index contributed by atoms with van der Waals surface area (Å²) in [5, 5.41) is 0. The minimum absolute atomic E-state index is 0.0679. The summed E-state index contributed by atoms with van der Waals surface area (Å²) in [5.74, 6) is 0.121. The van der Waals surface area contributed by atoms with Crippen molar-refractivity contribution in [3.63, 3.8) is 0 Å². The van der Waals surface area contributed by atoms with Crippen LogP contribution in [0.5, 0.6) is 0 Å². The Morgan fingerprint density at radius 1 is 1.44 bits per heavy atom. The predicted octanol–water partition coefficient (Wildman–Crippen LogP) is 1.05. The topological polar surface area (TPSA) is 38.8 Å². The number of likely N-dealkylation sites (N-methyl/N-ethyl adjacent to an activating group) is 1. The van der Waals surface area contributed by atoms with Gasteiger partial charge in [0, 0.05) is 12.3 Å². The first kappa shape index (κ1) is 11.9. The van der Waals surface area contributed by atoms with E-state index in [2.05, 4.69) is 18.7 Å². The Hall–Kier alpha value is -0.610. The first-order valence-corrected chi connectivity index (χ1v) is 6.17. The van der Waals surface area contributed by atoms with Gasteiger partial charge in [0.15, 0.2) is 0 Å². The fourth-order valence-corrected chi connectivity index (χ4v) is 2.87. The molecule has 92 valence electrons. The van der Waals surface area contributed by atoms with Gasteiger partial charge in [0.05, 0.1) is 13.2 Å². The second kappa shape index (κ2) is 4.34. The third-order valence-corrected chi connectivity index (χ3v) is 3.99. The molecule has 2 aliphatic rings. The van der Waals surface area contributed by atoms with Gasteiger partial charge in [-0.3, -0.25) is 9.69 Å². The molecule has 2 heterocycles. The molecule has 16 heavy (non-hydrogen) atoms. The highest BCUT2D eigenvalue weighted by atomic mass is 16.6. The van der Waals surface area contributed by atoms with Crippen LogP contribution in [0.25, 0.3) is 0 Å². The van der Waals surface area contributed by atoms with Crippen molar-refractivity contribution in [1.82, 2.24) is 4.90 Å². The molecule has 0 saturated carbocycles. The van der Waals surface area contributed by atoms with Crippen LogP contribution in [0.1, 0.15) is 27.2 Å². The molecular formula is C12H21NO3. The molecule has 2 aliphatic heterocycles. The number of hydrogen-bond acceptors (Lipinski definition) is 4. The highest BCUT2D eigenvalue weighted by Gasteiger charge is 2.55. The number of rotatable bonds is 3. The molecule has 0 aromatic carbocycles. The molecule has 0 N–H and O–H groups in total. The summed E-state index contributed by atoms with van der Waals surface area (Å²) in [4.78, 5) is 14.2. The third kappa shape index (κ3) is 1.74. The minimum Gasteiger partial charge on any atom is -0.458 e. The Balaban J connectivity index is 2.21. The van der Waals surface area contributed by atoms with Gasteiger partial charge in [-0.15, -0.1) is 0 Å². The van der Waals surface area contributed by atoms with Gasteiger partial charge in [-0.2, -0.15) is 0 Å². The molecule has 2 rings (SSSR count). The van der Waals surface area contributed by atoms with Crippen LogP contribution in [-0.4, -0.2) is 48.8 Å². The number of ether oxygens (including phenoxy) is 2. The quantitative estimate of drug-likeness (QED) is 0.676. The summed E-state index contributed by atoms with van der Waals surface area (Å²) >= 11 is 0. The lowest BCUT2D eigenvalue weighted by Gasteiger charge is -2.37. The van der Waals surface area contributed by atoms with E-state index in [1.165, 1.54) is 0 Å². The van der Waals surface area contributed by atoms with E-state index in [4.69, 9.17) is 9.47 Å². The summed E-state index contributed by atoms with van der Waals surface area (Å²) in [6.45, 7) is 9.30. The van der Waals surface area contributed by atoms with Crippen LogP contribution in [-0.2, 0) is 14.3 Å². The molecule has 0 amide bonds. The number of nitrogens with zero attached hydrogens (tertiary/aromatic N) is 1. The molecule has 0 aromatic heterocycles. The summed E-state index contributed by atoms with van der Waals surface area (Å²) in [5.41, 5.74) is -0.303. The highest BCUT2D eigenvalue weighted by molar-refractivity contribution is 5.79. The maximum atomic E-state index is 12.0. The molecule has 2 saturated heterocycles. The van der Waals surface area contributed by atoms with Crippen molar-refractivity contribution in [3.05, 3.63) is 0 Å². The monoisotopic (exact) mass is 227 g/mol. The van der Waals surface area contributed by atoms with Crippen molar-refractivity contribution < 1.29 is 14.3 Å². The number of carbonyl (C=O) groups excluding carboxylic acids is 1. The Labute approximate surface area is 96.9 Å². The largest absolute Gasteiger partial charge is 0.458 e. The van der Waals surface area contributed by atoms with Crippen molar-refractivity contribution in [2.45, 2.75) is 38.8 Å². The van der Waals surface area contributed by atoms with Crippen LogP contribution in [0, 0.1) is 5.92 Å². The van der Waals surface area contributed by atoms with Gasteiger partial charge in [0.1, 0.15) is 11.6 Å². The van der Waals surface area contributed by atoms with Crippen molar-refractivity contribution >= 4 is 5.97 Å². The van der Waals surface area contributed by atoms with Gasteiger partial charge in [-0.05, 0) is 20.0 Å². The zero-order chi connectivity index (χ0) is 11.8. The smallest absolute Gasteiger partial charge is 0.324 e. The van der Waals surface area contributed by atoms with Gasteiger partial charge in [-0.25, -0.2) is 0 Å². The first-order valence-electron chi connectivity index (χ1n) is 6.17. The number of esters is 1. The normalized spacial score (nSPS) is 38.6. The van der Waals surface area contributed by atoms with E-state index >= 15 is 0 Å². The van der Waals surface area contributed by atoms with E-state index in [1.54, 1.807) is 0 Å². The lowest BCUT2D eigenvalue weighted by atomic mass is 9.82. The zero-order valence-corrected chi connectivity index (χ0v) is 10.4. The second-order valence-electron chi connectivity index (χ2n) is 4.83. The molecule has 0 bridgehead atoms. The summed E-state index contributed by atoms with van der Waals surface area (Å²) in [7, 11) is 0. The van der Waals surface area contributed by atoms with Crippen molar-refractivity contribution in [2.24, 2.45) is 5.92 Å². The van der Waals surface area contributed by atoms with E-state index < -0.39 is 0 Å². The van der Waals surface area contributed by atoms with Gasteiger partial charge >= 0.3 is 5.97 Å². The van der Waals surface area contributed by atoms with Crippen molar-refractivity contribution in [3.8, 4) is 0 Å². The fraction of sp³-hybridized carbons (Fsp3) is 0.917. The minimum atomic E-state index is -0.303. The molecule has 4 heteroatoms. The van der Waals surface area contributed by atoms with E-state index in [0.29, 0.717) is 13.2 Å². The van der Waals surface area contributed by atoms with E-state index in [1.807, 2.05) is 6.92 Å². The standard InChI is InChI=1S/C12H21NO3/c1-4-13(5-2)10-9-8-15-7-6-12(9,3)16-11(10)14/h9-10H,4-8H2,1-3H3/t9-,10+,12+/m1/s1. The van der Waals surface area contributed by atoms with Gasteiger partial charge in [0.25, 0.3) is 0 Å². The number of hydrogen-bond donors (Lipinski definition) is 0. The van der Waals surface area contributed by atoms with E-state index in [9.17, 15) is 4.79 Å². The summed E-state index contributed by atoms with van der Waals surface area (Å²) < 4.78 is 11.1. The van der Waals surface area contributed by atoms with Crippen LogP contribution in [0.4, 0.5) is 0 Å². The molecule has 0 spiro atoms. The second-order valence-corrected chi connectivity index (χ2v) is 4.83. The zero-order valence-electron chi connectivity index (χ0n) is 10.4. The third-order valence-electron chi connectivity index (χ3n) is 3.99. The molecule has 0 aliphatic carbocycles. The van der Waals surface area contributed by atoms with Crippen molar-refractivity contribution in [1.29, 1.82) is 0 Å². The SMILES string of the molecule is CCN(CC)[C@@H]1C(=O)O[C@@]2(C)CCOC[C@H]12. The Bertz CT molecular complexity index is 277. The van der Waals surface area contributed by atoms with Gasteiger partial charge in [-0.1, -0.05) is 13.8 Å². The molecule has 4 nitrogen and oxygen atoms in total. The van der Waals surface area contributed by atoms with Gasteiger partial charge in [0.2, 0.25) is 0 Å². The molecule has 0 radical (unpaired) electrons. The van der Waals surface area contributed by atoms with Crippen LogP contribution in [0.2, 0.25) is 0 Å². The molecule has 0 aromatic rings. The molecular weight excluding hydrogens is 206 g/mol. The van der Waals surface area contributed by atoms with Crippen LogP contribution in [0.3, 0.4) is 0 Å². The molecule has 0 unspecified atom stereocenters. The lowest BCUT2D eigenvalue weighted by molar-refractivity contribution is -0.154. The summed E-state index contributed by atoms with van der Waals surface area (Å²) in [6.07, 6.45) is 0.821.